The highest BCUT2D eigenvalue weighted by molar-refractivity contribution is 6.16. The normalized spacial score (nSPS) is 17.6. The summed E-state index contributed by atoms with van der Waals surface area (Å²) in [6.45, 7) is 9.78. The van der Waals surface area contributed by atoms with Crippen LogP contribution in [-0.4, -0.2) is 65.3 Å². The van der Waals surface area contributed by atoms with Crippen molar-refractivity contribution in [1.29, 1.82) is 0 Å². The number of allylic oxidation sites excluding steroid dienone is 1. The van der Waals surface area contributed by atoms with Gasteiger partial charge in [0.2, 0.25) is 12.6 Å². The first-order valence-corrected chi connectivity index (χ1v) is 14.7. The number of benzene rings is 3. The fourth-order valence-corrected chi connectivity index (χ4v) is 6.31. The second-order valence-corrected chi connectivity index (χ2v) is 11.3. The van der Waals surface area contributed by atoms with E-state index in [0.29, 0.717) is 29.0 Å². The number of nitrogens with zero attached hydrogens (tertiary/aromatic N) is 3. The molecule has 0 radical (unpaired) electrons. The Hall–Kier alpha value is -4.47. The molecule has 4 heterocycles. The Balaban J connectivity index is 1.10. The van der Waals surface area contributed by atoms with E-state index in [4.69, 9.17) is 18.9 Å². The molecule has 222 valence electrons. The lowest BCUT2D eigenvalue weighted by atomic mass is 9.99. The van der Waals surface area contributed by atoms with Crippen LogP contribution < -0.4 is 18.9 Å². The third-order valence-electron chi connectivity index (χ3n) is 8.66. The van der Waals surface area contributed by atoms with Crippen LogP contribution in [0.4, 0.5) is 0 Å². The van der Waals surface area contributed by atoms with E-state index in [1.807, 2.05) is 43.5 Å². The number of fused-ring (bicyclic) bond motifs is 3. The van der Waals surface area contributed by atoms with Gasteiger partial charge in [-0.1, -0.05) is 6.07 Å². The van der Waals surface area contributed by atoms with Gasteiger partial charge in [0.15, 0.2) is 17.3 Å². The summed E-state index contributed by atoms with van der Waals surface area (Å²) >= 11 is 0. The van der Waals surface area contributed by atoms with Gasteiger partial charge in [0.25, 0.3) is 0 Å². The summed E-state index contributed by atoms with van der Waals surface area (Å²) in [7, 11) is 1.65. The number of Topliss-reactive ketones (excluding diaryl/α,β-unsaturated/α-hetero) is 1. The molecule has 1 fully saturated rings. The predicted molar refractivity (Wildman–Crippen MR) is 163 cm³/mol. The van der Waals surface area contributed by atoms with Crippen molar-refractivity contribution in [3.63, 3.8) is 0 Å². The zero-order chi connectivity index (χ0) is 29.7. The molecule has 43 heavy (non-hydrogen) atoms. The number of aromatic hydroxyl groups is 1. The van der Waals surface area contributed by atoms with Crippen molar-refractivity contribution in [3.05, 3.63) is 82.2 Å². The van der Waals surface area contributed by atoms with Crippen LogP contribution in [0.1, 0.15) is 39.5 Å². The average Bonchev–Trinajstić information content (AvgIpc) is 3.71. The minimum Gasteiger partial charge on any atom is -0.507 e. The Bertz CT molecular complexity index is 1770. The number of phenols is 1. The van der Waals surface area contributed by atoms with E-state index in [1.165, 1.54) is 5.56 Å². The Kier molecular flexibility index (Phi) is 6.99. The van der Waals surface area contributed by atoms with Crippen molar-refractivity contribution in [1.82, 2.24) is 14.4 Å². The van der Waals surface area contributed by atoms with Crippen LogP contribution in [-0.2, 0) is 19.6 Å². The zero-order valence-corrected chi connectivity index (χ0v) is 24.7. The average molecular weight is 582 g/mol. The van der Waals surface area contributed by atoms with E-state index in [1.54, 1.807) is 13.2 Å². The number of rotatable bonds is 7. The minimum atomic E-state index is -0.164. The van der Waals surface area contributed by atoms with Crippen molar-refractivity contribution in [2.75, 3.05) is 40.1 Å². The number of aromatic nitrogens is 1. The Morgan fingerprint density at radius 1 is 0.977 bits per heavy atom. The predicted octanol–water partition coefficient (Wildman–Crippen LogP) is 5.35. The second kappa shape index (κ2) is 11.0. The number of piperazine rings is 1. The number of carbonyl (C=O) groups excluding carboxylic acids is 1. The van der Waals surface area contributed by atoms with E-state index in [9.17, 15) is 9.90 Å². The van der Waals surface area contributed by atoms with Crippen molar-refractivity contribution >= 4 is 22.8 Å². The monoisotopic (exact) mass is 581 g/mol. The molecule has 1 N–H and O–H groups in total. The van der Waals surface area contributed by atoms with Gasteiger partial charge in [-0.05, 0) is 67.4 Å². The van der Waals surface area contributed by atoms with E-state index in [0.717, 1.165) is 73.0 Å². The largest absolute Gasteiger partial charge is 0.507 e. The molecule has 0 amide bonds. The van der Waals surface area contributed by atoms with Gasteiger partial charge in [-0.25, -0.2) is 0 Å². The summed E-state index contributed by atoms with van der Waals surface area (Å²) in [4.78, 5) is 18.4. The molecule has 0 bridgehead atoms. The number of hydrogen-bond acceptors (Lipinski definition) is 8. The third kappa shape index (κ3) is 4.98. The maximum atomic E-state index is 13.7. The highest BCUT2D eigenvalue weighted by Gasteiger charge is 2.34. The van der Waals surface area contributed by atoms with Crippen molar-refractivity contribution in [2.24, 2.45) is 0 Å². The molecule has 0 aliphatic carbocycles. The molecule has 3 aromatic carbocycles. The Labute approximate surface area is 250 Å². The third-order valence-corrected chi connectivity index (χ3v) is 8.66. The SMILES string of the molecule is CCn1cc(/C=C2\Oc3c(CN4CCN(Cc5ccc6c(c5)OCO6)CC4)c(O)cc(C)c3C2=O)c2cc(OC)ccc21. The molecule has 7 rings (SSSR count). The number of hydrogen-bond donors (Lipinski definition) is 1. The first-order chi connectivity index (χ1) is 20.9. The molecule has 4 aromatic rings. The van der Waals surface area contributed by atoms with Crippen LogP contribution in [0.25, 0.3) is 17.0 Å². The molecule has 0 atom stereocenters. The van der Waals surface area contributed by atoms with Crippen LogP contribution in [0.15, 0.2) is 54.4 Å². The molecule has 1 saturated heterocycles. The van der Waals surface area contributed by atoms with E-state index < -0.39 is 0 Å². The smallest absolute Gasteiger partial charge is 0.232 e. The number of aryl methyl sites for hydroxylation is 2. The first kappa shape index (κ1) is 27.4. The Morgan fingerprint density at radius 2 is 1.74 bits per heavy atom. The fourth-order valence-electron chi connectivity index (χ4n) is 6.31. The topological polar surface area (TPSA) is 85.6 Å². The minimum absolute atomic E-state index is 0.153. The zero-order valence-electron chi connectivity index (χ0n) is 24.7. The lowest BCUT2D eigenvalue weighted by Gasteiger charge is -2.35. The molecule has 3 aliphatic heterocycles. The molecule has 3 aliphatic rings. The van der Waals surface area contributed by atoms with Crippen molar-refractivity contribution < 1.29 is 28.8 Å². The van der Waals surface area contributed by atoms with Crippen LogP contribution in [0.5, 0.6) is 28.7 Å². The van der Waals surface area contributed by atoms with Crippen LogP contribution in [0, 0.1) is 6.92 Å². The number of phenolic OH excluding ortho intramolecular Hbond substituents is 1. The summed E-state index contributed by atoms with van der Waals surface area (Å²) in [6.07, 6.45) is 3.84. The molecule has 1 aromatic heterocycles. The highest BCUT2D eigenvalue weighted by atomic mass is 16.7. The van der Waals surface area contributed by atoms with Gasteiger partial charge in [0, 0.05) is 68.5 Å². The lowest BCUT2D eigenvalue weighted by Crippen LogP contribution is -2.45. The van der Waals surface area contributed by atoms with Gasteiger partial charge < -0.3 is 28.6 Å². The number of methoxy groups -OCH3 is 1. The van der Waals surface area contributed by atoms with Crippen LogP contribution in [0.3, 0.4) is 0 Å². The van der Waals surface area contributed by atoms with Gasteiger partial charge in [-0.15, -0.1) is 0 Å². The molecule has 0 spiro atoms. The molecular formula is C34H35N3O6. The van der Waals surface area contributed by atoms with Gasteiger partial charge in [-0.2, -0.15) is 0 Å². The summed E-state index contributed by atoms with van der Waals surface area (Å²) in [5.41, 5.74) is 5.02. The maximum Gasteiger partial charge on any atom is 0.232 e. The molecule has 0 unspecified atom stereocenters. The summed E-state index contributed by atoms with van der Waals surface area (Å²) in [6, 6.07) is 13.7. The number of ether oxygens (including phenoxy) is 4. The summed E-state index contributed by atoms with van der Waals surface area (Å²) in [5, 5.41) is 12.0. The number of ketones is 1. The van der Waals surface area contributed by atoms with Crippen molar-refractivity contribution in [2.45, 2.75) is 33.5 Å². The van der Waals surface area contributed by atoms with Gasteiger partial charge in [0.05, 0.1) is 18.2 Å². The quantitative estimate of drug-likeness (QED) is 0.293. The Morgan fingerprint density at radius 3 is 2.51 bits per heavy atom. The van der Waals surface area contributed by atoms with E-state index in [-0.39, 0.29) is 24.1 Å². The van der Waals surface area contributed by atoms with Gasteiger partial charge in [0.1, 0.15) is 17.2 Å². The summed E-state index contributed by atoms with van der Waals surface area (Å²) in [5.74, 6) is 3.07. The molecule has 0 saturated carbocycles. The van der Waals surface area contributed by atoms with Gasteiger partial charge >= 0.3 is 0 Å². The first-order valence-electron chi connectivity index (χ1n) is 14.7. The standard InChI is InChI=1S/C34H35N3O6/c1-4-37-18-23(25-16-24(40-3)6-7-27(25)37)15-31-33(39)32-21(2)13-28(38)26(34(32)43-31)19-36-11-9-35(10-12-36)17-22-5-8-29-30(14-22)42-20-41-29/h5-8,13-16,18,38H,4,9-12,17,19-20H2,1-3H3/b31-15-. The van der Waals surface area contributed by atoms with E-state index >= 15 is 0 Å². The number of carbonyl (C=O) groups is 1. The highest BCUT2D eigenvalue weighted by Crippen LogP contribution is 2.43. The van der Waals surface area contributed by atoms with Crippen molar-refractivity contribution in [3.8, 4) is 28.7 Å². The molecule has 9 heteroatoms. The summed E-state index contributed by atoms with van der Waals surface area (Å²) < 4.78 is 24.9. The molecule has 9 nitrogen and oxygen atoms in total. The fraction of sp³-hybridized carbons (Fsp3) is 0.324. The van der Waals surface area contributed by atoms with Gasteiger partial charge in [-0.3, -0.25) is 14.6 Å². The second-order valence-electron chi connectivity index (χ2n) is 11.3. The maximum absolute atomic E-state index is 13.7. The molecular weight excluding hydrogens is 546 g/mol. The van der Waals surface area contributed by atoms with Crippen LogP contribution in [0.2, 0.25) is 0 Å². The van der Waals surface area contributed by atoms with E-state index in [2.05, 4.69) is 33.4 Å². The van der Waals surface area contributed by atoms with Crippen LogP contribution >= 0.6 is 0 Å². The lowest BCUT2D eigenvalue weighted by molar-refractivity contribution is 0.101.